The van der Waals surface area contributed by atoms with E-state index in [0.717, 1.165) is 0 Å². The summed E-state index contributed by atoms with van der Waals surface area (Å²) in [5.74, 6) is 1.06. The Morgan fingerprint density at radius 2 is 1.92 bits per heavy atom. The molecule has 0 aliphatic rings. The van der Waals surface area contributed by atoms with E-state index in [9.17, 15) is 4.79 Å². The molecule has 3 aromatic rings. The van der Waals surface area contributed by atoms with Crippen molar-refractivity contribution in [1.29, 1.82) is 0 Å². The number of methoxy groups -OCH3 is 1. The third kappa shape index (κ3) is 3.46. The lowest BCUT2D eigenvalue weighted by molar-refractivity contribution is 0.419. The number of halogens is 1. The minimum Gasteiger partial charge on any atom is -0.496 e. The van der Waals surface area contributed by atoms with Crippen molar-refractivity contribution in [3.8, 4) is 5.75 Å². The maximum absolute atomic E-state index is 11.9. The minimum absolute atomic E-state index is 0.149. The summed E-state index contributed by atoms with van der Waals surface area (Å²) in [6, 6.07) is 13.6. The molecule has 0 atom stereocenters. The highest BCUT2D eigenvalue weighted by Crippen LogP contribution is 2.34. The van der Waals surface area contributed by atoms with Gasteiger partial charge in [-0.1, -0.05) is 55.8 Å². The molecule has 130 valence electrons. The third-order valence-electron chi connectivity index (χ3n) is 4.27. The van der Waals surface area contributed by atoms with Crippen LogP contribution in [-0.2, 0) is 5.41 Å². The molecule has 1 aromatic heterocycles. The van der Waals surface area contributed by atoms with Crippen molar-refractivity contribution < 1.29 is 4.74 Å². The van der Waals surface area contributed by atoms with Gasteiger partial charge in [0.05, 0.1) is 23.0 Å². The number of aromatic nitrogens is 2. The lowest BCUT2D eigenvalue weighted by atomic mass is 9.84. The zero-order valence-corrected chi connectivity index (χ0v) is 15.1. The highest BCUT2D eigenvalue weighted by atomic mass is 35.5. The van der Waals surface area contributed by atoms with Crippen LogP contribution in [0.1, 0.15) is 19.4 Å². The zero-order valence-electron chi connectivity index (χ0n) is 14.4. The van der Waals surface area contributed by atoms with Gasteiger partial charge in [-0.3, -0.25) is 0 Å². The highest BCUT2D eigenvalue weighted by Gasteiger charge is 2.22. The molecule has 0 aliphatic carbocycles. The summed E-state index contributed by atoms with van der Waals surface area (Å²) in [6.45, 7) is 4.86. The van der Waals surface area contributed by atoms with Crippen LogP contribution in [0.2, 0.25) is 5.02 Å². The maximum Gasteiger partial charge on any atom is 0.347 e. The van der Waals surface area contributed by atoms with Gasteiger partial charge in [0, 0.05) is 12.0 Å². The van der Waals surface area contributed by atoms with Gasteiger partial charge in [-0.2, -0.15) is 4.98 Å². The molecule has 0 amide bonds. The average Bonchev–Trinajstić information content (AvgIpc) is 2.61. The molecular weight excluding hydrogens is 338 g/mol. The van der Waals surface area contributed by atoms with Gasteiger partial charge >= 0.3 is 5.69 Å². The van der Waals surface area contributed by atoms with E-state index in [1.165, 1.54) is 5.56 Å². The summed E-state index contributed by atoms with van der Waals surface area (Å²) in [5.41, 5.74) is 1.11. The summed E-state index contributed by atoms with van der Waals surface area (Å²) < 4.78 is 5.42. The quantitative estimate of drug-likeness (QED) is 0.725. The van der Waals surface area contributed by atoms with Gasteiger partial charge in [0.2, 0.25) is 0 Å². The first kappa shape index (κ1) is 17.3. The Kier molecular flexibility index (Phi) is 4.68. The van der Waals surface area contributed by atoms with E-state index in [4.69, 9.17) is 16.3 Å². The zero-order chi connectivity index (χ0) is 18.0. The van der Waals surface area contributed by atoms with E-state index in [0.29, 0.717) is 34.0 Å². The summed E-state index contributed by atoms with van der Waals surface area (Å²) in [7, 11) is 1.57. The number of nitrogens with zero attached hydrogens (tertiary/aromatic N) is 1. The van der Waals surface area contributed by atoms with Gasteiger partial charge in [-0.15, -0.1) is 0 Å². The number of rotatable bonds is 5. The smallest absolute Gasteiger partial charge is 0.347 e. The fraction of sp³-hybridized carbons (Fsp3) is 0.263. The minimum atomic E-state index is -0.456. The SMILES string of the molecule is COc1ccc(Cl)c2[nH]c(=O)nc(NCC(C)(C)c3ccccc3)c12. The number of H-pyrrole nitrogens is 1. The summed E-state index contributed by atoms with van der Waals surface area (Å²) in [5, 5.41) is 4.41. The molecule has 25 heavy (non-hydrogen) atoms. The normalized spacial score (nSPS) is 11.5. The number of anilines is 1. The van der Waals surface area contributed by atoms with E-state index in [1.54, 1.807) is 19.2 Å². The lowest BCUT2D eigenvalue weighted by Crippen LogP contribution is -2.28. The van der Waals surface area contributed by atoms with Crippen molar-refractivity contribution in [2.75, 3.05) is 19.0 Å². The highest BCUT2D eigenvalue weighted by molar-refractivity contribution is 6.35. The molecule has 0 saturated carbocycles. The van der Waals surface area contributed by atoms with Crippen LogP contribution in [0, 0.1) is 0 Å². The molecule has 2 N–H and O–H groups in total. The van der Waals surface area contributed by atoms with Crippen molar-refractivity contribution in [3.63, 3.8) is 0 Å². The average molecular weight is 358 g/mol. The van der Waals surface area contributed by atoms with Gasteiger partial charge in [-0.05, 0) is 17.7 Å². The van der Waals surface area contributed by atoms with Gasteiger partial charge in [0.25, 0.3) is 0 Å². The molecule has 0 aliphatic heterocycles. The van der Waals surface area contributed by atoms with E-state index in [-0.39, 0.29) is 5.41 Å². The summed E-state index contributed by atoms with van der Waals surface area (Å²) in [4.78, 5) is 18.7. The largest absolute Gasteiger partial charge is 0.496 e. The standard InChI is InChI=1S/C19H20ClN3O2/c1-19(2,12-7-5-4-6-8-12)11-21-17-15-14(25-3)10-9-13(20)16(15)22-18(24)23-17/h4-10H,11H2,1-3H3,(H2,21,22,23,24). The Bertz CT molecular complexity index is 952. The van der Waals surface area contributed by atoms with Crippen molar-refractivity contribution in [1.82, 2.24) is 9.97 Å². The van der Waals surface area contributed by atoms with Gasteiger partial charge < -0.3 is 15.0 Å². The van der Waals surface area contributed by atoms with Crippen LogP contribution in [0.3, 0.4) is 0 Å². The number of ether oxygens (including phenoxy) is 1. The second-order valence-corrected chi connectivity index (χ2v) is 6.90. The number of fused-ring (bicyclic) bond motifs is 1. The van der Waals surface area contributed by atoms with Crippen molar-refractivity contribution in [2.24, 2.45) is 0 Å². The van der Waals surface area contributed by atoms with Crippen molar-refractivity contribution >= 4 is 28.3 Å². The number of benzene rings is 2. The topological polar surface area (TPSA) is 67.0 Å². The Morgan fingerprint density at radius 1 is 1.20 bits per heavy atom. The van der Waals surface area contributed by atoms with Crippen LogP contribution in [0.25, 0.3) is 10.9 Å². The van der Waals surface area contributed by atoms with E-state index < -0.39 is 5.69 Å². The molecule has 3 rings (SSSR count). The Balaban J connectivity index is 2.02. The molecule has 5 nitrogen and oxygen atoms in total. The molecule has 2 aromatic carbocycles. The van der Waals surface area contributed by atoms with Crippen molar-refractivity contribution in [3.05, 3.63) is 63.5 Å². The molecular formula is C19H20ClN3O2. The monoisotopic (exact) mass is 357 g/mol. The molecule has 1 heterocycles. The fourth-order valence-corrected chi connectivity index (χ4v) is 3.01. The first-order valence-corrected chi connectivity index (χ1v) is 8.36. The fourth-order valence-electron chi connectivity index (χ4n) is 2.80. The lowest BCUT2D eigenvalue weighted by Gasteiger charge is -2.26. The van der Waals surface area contributed by atoms with Gasteiger partial charge in [0.15, 0.2) is 0 Å². The first-order valence-electron chi connectivity index (χ1n) is 7.98. The molecule has 0 saturated heterocycles. The van der Waals surface area contributed by atoms with Gasteiger partial charge in [-0.25, -0.2) is 4.79 Å². The number of nitrogens with one attached hydrogen (secondary N) is 2. The van der Waals surface area contributed by atoms with Crippen LogP contribution in [0.15, 0.2) is 47.3 Å². The van der Waals surface area contributed by atoms with Crippen LogP contribution in [0.5, 0.6) is 5.75 Å². The van der Waals surface area contributed by atoms with Crippen LogP contribution in [-0.4, -0.2) is 23.6 Å². The summed E-state index contributed by atoms with van der Waals surface area (Å²) in [6.07, 6.45) is 0. The second kappa shape index (κ2) is 6.76. The molecule has 6 heteroatoms. The maximum atomic E-state index is 11.9. The van der Waals surface area contributed by atoms with E-state index in [1.807, 2.05) is 18.2 Å². The molecule has 0 bridgehead atoms. The van der Waals surface area contributed by atoms with E-state index in [2.05, 4.69) is 41.3 Å². The molecule has 0 fully saturated rings. The van der Waals surface area contributed by atoms with Crippen molar-refractivity contribution in [2.45, 2.75) is 19.3 Å². The Morgan fingerprint density at radius 3 is 2.60 bits per heavy atom. The Labute approximate surface area is 151 Å². The Hall–Kier alpha value is -2.53. The number of aromatic amines is 1. The van der Waals surface area contributed by atoms with Crippen LogP contribution in [0.4, 0.5) is 5.82 Å². The van der Waals surface area contributed by atoms with Crippen LogP contribution >= 0.6 is 11.6 Å². The van der Waals surface area contributed by atoms with E-state index >= 15 is 0 Å². The van der Waals surface area contributed by atoms with Gasteiger partial charge in [0.1, 0.15) is 11.6 Å². The first-order chi connectivity index (χ1) is 11.9. The predicted molar refractivity (Wildman–Crippen MR) is 102 cm³/mol. The third-order valence-corrected chi connectivity index (χ3v) is 4.59. The number of hydrogen-bond donors (Lipinski definition) is 2. The molecule has 0 radical (unpaired) electrons. The summed E-state index contributed by atoms with van der Waals surface area (Å²) >= 11 is 6.23. The predicted octanol–water partition coefficient (Wildman–Crippen LogP) is 3.97. The van der Waals surface area contributed by atoms with Crippen LogP contribution < -0.4 is 15.7 Å². The number of hydrogen-bond acceptors (Lipinski definition) is 4. The second-order valence-electron chi connectivity index (χ2n) is 6.49. The molecule has 0 spiro atoms. The molecule has 0 unspecified atom stereocenters.